The number of hydrogen-bond acceptors (Lipinski definition) is 6. The fourth-order valence-electron chi connectivity index (χ4n) is 5.70. The Hall–Kier alpha value is -2.11. The van der Waals surface area contributed by atoms with E-state index in [1.807, 2.05) is 16.9 Å². The molecule has 0 radical (unpaired) electrons. The molecule has 3 unspecified atom stereocenters. The van der Waals surface area contributed by atoms with Gasteiger partial charge >= 0.3 is 12.2 Å². The van der Waals surface area contributed by atoms with Crippen LogP contribution in [0.15, 0.2) is 16.7 Å². The summed E-state index contributed by atoms with van der Waals surface area (Å²) < 4.78 is 33.2. The van der Waals surface area contributed by atoms with Gasteiger partial charge in [0.25, 0.3) is 0 Å². The lowest BCUT2D eigenvalue weighted by Crippen LogP contribution is -2.42. The lowest BCUT2D eigenvalue weighted by Gasteiger charge is -2.24. The number of ether oxygens (including phenoxy) is 3. The topological polar surface area (TPSA) is 94.9 Å². The standard InChI is InChI=1S/C28H37BrClFN4O5/c1-28(2,3)40-27(37)34-14-17(12-31)21(15-34)33-26(36)39-9-7-16-10-18(16)24-20(30)11-22-19(25(24)29)13-32-35(22)23-6-4-5-8-38-23/h11,13,16-18,21,23H,4-10,12,14-15H2,1-3H3,(H,33,36)/t16?,17-,18?,21+,23?/m1/s1. The number of nitrogens with zero attached hydrogens (tertiary/aromatic N) is 3. The normalized spacial score (nSPS) is 26.6. The first kappa shape index (κ1) is 29.4. The zero-order valence-electron chi connectivity index (χ0n) is 23.1. The van der Waals surface area contributed by atoms with Crippen LogP contribution in [-0.2, 0) is 14.2 Å². The molecule has 12 heteroatoms. The highest BCUT2D eigenvalue weighted by Crippen LogP contribution is 2.55. The predicted molar refractivity (Wildman–Crippen MR) is 152 cm³/mol. The van der Waals surface area contributed by atoms with Crippen molar-refractivity contribution >= 4 is 50.6 Å². The lowest BCUT2D eigenvalue weighted by atomic mass is 10.1. The third kappa shape index (κ3) is 6.51. The third-order valence-corrected chi connectivity index (χ3v) is 9.03. The second-order valence-electron chi connectivity index (χ2n) is 12.0. The zero-order valence-corrected chi connectivity index (χ0v) is 25.5. The van der Waals surface area contributed by atoms with E-state index < -0.39 is 36.4 Å². The van der Waals surface area contributed by atoms with Gasteiger partial charge in [-0.3, -0.25) is 4.39 Å². The molecule has 2 amide bonds. The Morgan fingerprint density at radius 1 is 1.27 bits per heavy atom. The maximum atomic E-state index is 13.6. The fourth-order valence-corrected chi connectivity index (χ4v) is 6.97. The van der Waals surface area contributed by atoms with E-state index in [0.29, 0.717) is 17.4 Å². The molecule has 2 aromatic rings. The van der Waals surface area contributed by atoms with Crippen LogP contribution in [0.4, 0.5) is 14.0 Å². The molecule has 1 aromatic carbocycles. The van der Waals surface area contributed by atoms with Gasteiger partial charge in [-0.25, -0.2) is 14.3 Å². The Bertz CT molecular complexity index is 1250. The monoisotopic (exact) mass is 642 g/mol. The lowest BCUT2D eigenvalue weighted by molar-refractivity contribution is -0.0366. The molecule has 3 heterocycles. The van der Waals surface area contributed by atoms with Crippen LogP contribution in [0.1, 0.15) is 70.6 Å². The molecule has 0 bridgehead atoms. The highest BCUT2D eigenvalue weighted by molar-refractivity contribution is 9.10. The summed E-state index contributed by atoms with van der Waals surface area (Å²) in [4.78, 5) is 26.3. The van der Waals surface area contributed by atoms with Gasteiger partial charge < -0.3 is 24.4 Å². The minimum Gasteiger partial charge on any atom is -0.450 e. The van der Waals surface area contributed by atoms with E-state index in [9.17, 15) is 14.0 Å². The van der Waals surface area contributed by atoms with E-state index >= 15 is 0 Å². The highest BCUT2D eigenvalue weighted by atomic mass is 79.9. The van der Waals surface area contributed by atoms with Crippen LogP contribution in [0.3, 0.4) is 0 Å². The van der Waals surface area contributed by atoms with Crippen molar-refractivity contribution < 1.29 is 28.2 Å². The van der Waals surface area contributed by atoms with E-state index in [4.69, 9.17) is 25.8 Å². The van der Waals surface area contributed by atoms with E-state index in [-0.39, 0.29) is 31.8 Å². The molecule has 40 heavy (non-hydrogen) atoms. The third-order valence-electron chi connectivity index (χ3n) is 7.87. The van der Waals surface area contributed by atoms with E-state index in [2.05, 4.69) is 26.3 Å². The number of benzene rings is 1. The molecule has 1 aliphatic carbocycles. The summed E-state index contributed by atoms with van der Waals surface area (Å²) in [5, 5.41) is 9.03. The van der Waals surface area contributed by atoms with Gasteiger partial charge in [0.2, 0.25) is 0 Å². The van der Waals surface area contributed by atoms with Crippen LogP contribution in [0.2, 0.25) is 5.02 Å². The van der Waals surface area contributed by atoms with Gasteiger partial charge in [-0.1, -0.05) is 11.6 Å². The van der Waals surface area contributed by atoms with E-state index in [1.165, 1.54) is 4.90 Å². The maximum absolute atomic E-state index is 13.6. The van der Waals surface area contributed by atoms with Crippen molar-refractivity contribution in [3.63, 3.8) is 0 Å². The smallest absolute Gasteiger partial charge is 0.410 e. The number of alkyl halides is 1. The first-order valence-electron chi connectivity index (χ1n) is 14.0. The van der Waals surface area contributed by atoms with Crippen LogP contribution in [0.5, 0.6) is 0 Å². The number of likely N-dealkylation sites (tertiary alicyclic amines) is 1. The Morgan fingerprint density at radius 3 is 2.77 bits per heavy atom. The number of fused-ring (bicyclic) bond motifs is 1. The Balaban J connectivity index is 1.12. The summed E-state index contributed by atoms with van der Waals surface area (Å²) in [5.74, 6) is 0.0974. The molecule has 5 atom stereocenters. The molecule has 0 spiro atoms. The number of hydrogen-bond donors (Lipinski definition) is 1. The van der Waals surface area contributed by atoms with Crippen LogP contribution in [0, 0.1) is 11.8 Å². The average Bonchev–Trinajstić information content (AvgIpc) is 3.31. The summed E-state index contributed by atoms with van der Waals surface area (Å²) in [7, 11) is 0. The number of aromatic nitrogens is 2. The molecule has 1 N–H and O–H groups in total. The minimum atomic E-state index is -0.652. The van der Waals surface area contributed by atoms with E-state index in [1.54, 1.807) is 20.8 Å². The molecule has 220 valence electrons. The molecule has 9 nitrogen and oxygen atoms in total. The summed E-state index contributed by atoms with van der Waals surface area (Å²) in [5.41, 5.74) is 1.37. The predicted octanol–water partition coefficient (Wildman–Crippen LogP) is 6.58. The summed E-state index contributed by atoms with van der Waals surface area (Å²) >= 11 is 10.6. The molecule has 3 fully saturated rings. The Morgan fingerprint density at radius 2 is 2.08 bits per heavy atom. The SMILES string of the molecule is CC(C)(C)OC(=O)N1C[C@@H](CF)[C@@H](NC(=O)OCCC2CC2c2c(Cl)cc3c(cnn3C3CCCCO3)c2Br)C1. The van der Waals surface area contributed by atoms with Gasteiger partial charge in [-0.15, -0.1) is 0 Å². The van der Waals surface area contributed by atoms with Gasteiger partial charge in [-0.2, -0.15) is 5.10 Å². The summed E-state index contributed by atoms with van der Waals surface area (Å²) in [6.07, 6.45) is 5.44. The number of carbonyl (C=O) groups is 2. The number of carbonyl (C=O) groups excluding carboxylic acids is 2. The summed E-state index contributed by atoms with van der Waals surface area (Å²) in [6.45, 7) is 6.02. The molecule has 2 aliphatic heterocycles. The van der Waals surface area contributed by atoms with Crippen molar-refractivity contribution in [3.05, 3.63) is 27.3 Å². The molecule has 2 saturated heterocycles. The Labute approximate surface area is 247 Å². The van der Waals surface area contributed by atoms with Crippen LogP contribution in [-0.4, -0.2) is 71.5 Å². The Kier molecular flexibility index (Phi) is 8.83. The highest BCUT2D eigenvalue weighted by Gasteiger charge is 2.42. The van der Waals surface area contributed by atoms with Crippen molar-refractivity contribution in [3.8, 4) is 0 Å². The average molecular weight is 644 g/mol. The van der Waals surface area contributed by atoms with Crippen molar-refractivity contribution in [2.75, 3.05) is 33.0 Å². The number of amides is 2. The van der Waals surface area contributed by atoms with Crippen molar-refractivity contribution in [1.82, 2.24) is 20.0 Å². The number of alkyl carbamates (subject to hydrolysis) is 1. The number of nitrogens with one attached hydrogen (secondary N) is 1. The second kappa shape index (κ2) is 12.0. The first-order valence-corrected chi connectivity index (χ1v) is 15.2. The first-order chi connectivity index (χ1) is 19.1. The van der Waals surface area contributed by atoms with Crippen molar-refractivity contribution in [2.45, 2.75) is 76.7 Å². The molecule has 1 saturated carbocycles. The summed E-state index contributed by atoms with van der Waals surface area (Å²) in [6, 6.07) is 1.45. The molecule has 3 aliphatic rings. The second-order valence-corrected chi connectivity index (χ2v) is 13.2. The molecule has 1 aromatic heterocycles. The zero-order chi connectivity index (χ0) is 28.6. The van der Waals surface area contributed by atoms with Gasteiger partial charge in [0.05, 0.1) is 31.0 Å². The van der Waals surface area contributed by atoms with Gasteiger partial charge in [0.15, 0.2) is 6.23 Å². The van der Waals surface area contributed by atoms with Gasteiger partial charge in [-0.05, 0) is 92.3 Å². The van der Waals surface area contributed by atoms with Crippen LogP contribution >= 0.6 is 27.5 Å². The molecular weight excluding hydrogens is 607 g/mol. The van der Waals surface area contributed by atoms with Gasteiger partial charge in [0.1, 0.15) is 5.60 Å². The van der Waals surface area contributed by atoms with E-state index in [0.717, 1.165) is 53.2 Å². The van der Waals surface area contributed by atoms with Crippen LogP contribution in [0.25, 0.3) is 10.9 Å². The number of rotatable bonds is 7. The molecular formula is C28H37BrClFN4O5. The largest absolute Gasteiger partial charge is 0.450 e. The van der Waals surface area contributed by atoms with Crippen LogP contribution < -0.4 is 5.32 Å². The van der Waals surface area contributed by atoms with Crippen molar-refractivity contribution in [1.29, 1.82) is 0 Å². The van der Waals surface area contributed by atoms with Gasteiger partial charge in [0, 0.05) is 40.5 Å². The minimum absolute atomic E-state index is 0.0677. The maximum Gasteiger partial charge on any atom is 0.410 e. The quantitative estimate of drug-likeness (QED) is 0.367. The molecule has 5 rings (SSSR count). The van der Waals surface area contributed by atoms with Crippen molar-refractivity contribution in [2.24, 2.45) is 11.8 Å². The number of halogens is 3. The fraction of sp³-hybridized carbons (Fsp3) is 0.679.